The second-order valence-electron chi connectivity index (χ2n) is 6.43. The molecule has 0 saturated carbocycles. The Kier molecular flexibility index (Phi) is 4.11. The third-order valence-corrected chi connectivity index (χ3v) is 5.46. The van der Waals surface area contributed by atoms with Gasteiger partial charge in [-0.25, -0.2) is 8.42 Å². The lowest BCUT2D eigenvalue weighted by Crippen LogP contribution is -2.48. The van der Waals surface area contributed by atoms with Crippen LogP contribution in [-0.2, 0) is 14.8 Å². The largest absolute Gasteiger partial charge is 0.476 e. The van der Waals surface area contributed by atoms with E-state index in [1.54, 1.807) is 36.4 Å². The van der Waals surface area contributed by atoms with Crippen molar-refractivity contribution in [3.8, 4) is 17.2 Å². The molecule has 0 aliphatic carbocycles. The van der Waals surface area contributed by atoms with Crippen molar-refractivity contribution in [3.63, 3.8) is 0 Å². The summed E-state index contributed by atoms with van der Waals surface area (Å²) in [6, 6.07) is 10.2. The number of fused-ring (bicyclic) bond motifs is 2. The minimum absolute atomic E-state index is 0.105. The maximum absolute atomic E-state index is 12.7. The van der Waals surface area contributed by atoms with E-state index in [-0.39, 0.29) is 13.3 Å². The molecule has 4 rings (SSSR count). The smallest absolute Gasteiger partial charge is 0.267 e. The van der Waals surface area contributed by atoms with E-state index in [9.17, 15) is 13.2 Å². The van der Waals surface area contributed by atoms with Crippen LogP contribution in [0, 0.1) is 6.92 Å². The Morgan fingerprint density at radius 1 is 1.11 bits per heavy atom. The van der Waals surface area contributed by atoms with E-state index in [4.69, 9.17) is 14.2 Å². The molecule has 2 aliphatic rings. The highest BCUT2D eigenvalue weighted by molar-refractivity contribution is 7.92. The third-order valence-electron chi connectivity index (χ3n) is 4.32. The monoisotopic (exact) mass is 390 g/mol. The van der Waals surface area contributed by atoms with Gasteiger partial charge in [0.15, 0.2) is 17.6 Å². The summed E-state index contributed by atoms with van der Waals surface area (Å²) in [5.74, 6) is 1.04. The predicted molar refractivity (Wildman–Crippen MR) is 99.0 cm³/mol. The molecule has 142 valence electrons. The molecule has 1 amide bonds. The van der Waals surface area contributed by atoms with Crippen LogP contribution in [0.25, 0.3) is 0 Å². The van der Waals surface area contributed by atoms with Gasteiger partial charge in [0.05, 0.1) is 18.5 Å². The molecule has 2 aliphatic heterocycles. The average Bonchev–Trinajstić information content (AvgIpc) is 3.07. The predicted octanol–water partition coefficient (Wildman–Crippen LogP) is 1.89. The van der Waals surface area contributed by atoms with Gasteiger partial charge in [-0.15, -0.1) is 0 Å². The van der Waals surface area contributed by atoms with Crippen LogP contribution < -0.4 is 23.8 Å². The van der Waals surface area contributed by atoms with Gasteiger partial charge in [0.25, 0.3) is 5.91 Å². The van der Waals surface area contributed by atoms with E-state index in [0.29, 0.717) is 28.6 Å². The van der Waals surface area contributed by atoms with Crippen LogP contribution >= 0.6 is 0 Å². The maximum Gasteiger partial charge on any atom is 0.267 e. The average molecular weight is 390 g/mol. The van der Waals surface area contributed by atoms with E-state index in [1.165, 1.54) is 4.31 Å². The Morgan fingerprint density at radius 3 is 2.63 bits per heavy atom. The van der Waals surface area contributed by atoms with Gasteiger partial charge >= 0.3 is 0 Å². The molecule has 2 aromatic carbocycles. The molecule has 0 aromatic heterocycles. The normalized spacial score (nSPS) is 17.9. The molecular weight excluding hydrogens is 372 g/mol. The Bertz CT molecular complexity index is 1020. The molecule has 2 aromatic rings. The summed E-state index contributed by atoms with van der Waals surface area (Å²) in [4.78, 5) is 12.7. The van der Waals surface area contributed by atoms with Crippen LogP contribution in [0.2, 0.25) is 0 Å². The van der Waals surface area contributed by atoms with Gasteiger partial charge in [0.1, 0.15) is 5.75 Å². The van der Waals surface area contributed by atoms with Gasteiger partial charge < -0.3 is 19.5 Å². The zero-order valence-corrected chi connectivity index (χ0v) is 15.6. The molecule has 0 spiro atoms. The Labute approximate surface area is 156 Å². The molecule has 27 heavy (non-hydrogen) atoms. The number of sulfonamides is 1. The second kappa shape index (κ2) is 6.34. The molecule has 1 atom stereocenters. The summed E-state index contributed by atoms with van der Waals surface area (Å²) >= 11 is 0. The van der Waals surface area contributed by atoms with Crippen LogP contribution in [0.3, 0.4) is 0 Å². The summed E-state index contributed by atoms with van der Waals surface area (Å²) in [5, 5.41) is 2.73. The van der Waals surface area contributed by atoms with Crippen molar-refractivity contribution in [2.24, 2.45) is 0 Å². The number of hydrogen-bond acceptors (Lipinski definition) is 6. The summed E-state index contributed by atoms with van der Waals surface area (Å²) in [5.41, 5.74) is 1.84. The lowest BCUT2D eigenvalue weighted by Gasteiger charge is -2.34. The highest BCUT2D eigenvalue weighted by Gasteiger charge is 2.35. The number of carbonyl (C=O) groups is 1. The van der Waals surface area contributed by atoms with Crippen molar-refractivity contribution in [1.29, 1.82) is 0 Å². The zero-order chi connectivity index (χ0) is 19.2. The number of nitrogens with one attached hydrogen (secondary N) is 1. The third kappa shape index (κ3) is 3.37. The minimum atomic E-state index is -3.57. The van der Waals surface area contributed by atoms with Crippen molar-refractivity contribution in [1.82, 2.24) is 0 Å². The topological polar surface area (TPSA) is 94.2 Å². The molecular formula is C18H18N2O6S. The number of amides is 1. The lowest BCUT2D eigenvalue weighted by atomic mass is 10.1. The van der Waals surface area contributed by atoms with Gasteiger partial charge in [-0.05, 0) is 36.8 Å². The van der Waals surface area contributed by atoms with Gasteiger partial charge in [0.2, 0.25) is 16.8 Å². The first kappa shape index (κ1) is 17.5. The summed E-state index contributed by atoms with van der Waals surface area (Å²) in [7, 11) is -3.57. The van der Waals surface area contributed by atoms with Crippen LogP contribution in [0.1, 0.15) is 5.56 Å². The fourth-order valence-corrected chi connectivity index (χ4v) is 3.92. The number of hydrogen-bond donors (Lipinski definition) is 1. The van der Waals surface area contributed by atoms with Crippen molar-refractivity contribution >= 4 is 27.3 Å². The fraction of sp³-hybridized carbons (Fsp3) is 0.278. The van der Waals surface area contributed by atoms with Crippen molar-refractivity contribution < 1.29 is 27.4 Å². The van der Waals surface area contributed by atoms with Crippen LogP contribution in [-0.4, -0.2) is 40.0 Å². The maximum atomic E-state index is 12.7. The first-order valence-corrected chi connectivity index (χ1v) is 10.1. The van der Waals surface area contributed by atoms with E-state index < -0.39 is 22.0 Å². The molecule has 2 heterocycles. The van der Waals surface area contributed by atoms with Crippen molar-refractivity contribution in [2.45, 2.75) is 13.0 Å². The molecule has 0 radical (unpaired) electrons. The van der Waals surface area contributed by atoms with E-state index in [2.05, 4.69) is 5.32 Å². The molecule has 0 bridgehead atoms. The second-order valence-corrected chi connectivity index (χ2v) is 8.34. The summed E-state index contributed by atoms with van der Waals surface area (Å²) < 4.78 is 41.9. The Hall–Kier alpha value is -2.94. The lowest BCUT2D eigenvalue weighted by molar-refractivity contribution is -0.122. The SMILES string of the molecule is Cc1ccc2c(c1)N(S(C)(=O)=O)C[C@H](C(=O)Nc1ccc3c(c1)OCO3)O2. The van der Waals surface area contributed by atoms with Crippen molar-refractivity contribution in [2.75, 3.05) is 29.2 Å². The number of rotatable bonds is 3. The zero-order valence-electron chi connectivity index (χ0n) is 14.8. The van der Waals surface area contributed by atoms with Gasteiger partial charge in [-0.1, -0.05) is 6.07 Å². The minimum Gasteiger partial charge on any atom is -0.476 e. The van der Waals surface area contributed by atoms with E-state index >= 15 is 0 Å². The Balaban J connectivity index is 1.58. The number of anilines is 2. The molecule has 1 N–H and O–H groups in total. The first-order valence-electron chi connectivity index (χ1n) is 8.27. The highest BCUT2D eigenvalue weighted by Crippen LogP contribution is 2.37. The van der Waals surface area contributed by atoms with Crippen LogP contribution in [0.4, 0.5) is 11.4 Å². The standard InChI is InChI=1S/C18H18N2O6S/c1-11-3-5-14-13(7-11)20(27(2,22)23)9-17(26-14)18(21)19-12-4-6-15-16(8-12)25-10-24-15/h3-8,17H,9-10H2,1-2H3,(H,19,21)/t17-/m1/s1. The molecule has 8 nitrogen and oxygen atoms in total. The van der Waals surface area contributed by atoms with E-state index in [0.717, 1.165) is 11.8 Å². The number of carbonyl (C=O) groups excluding carboxylic acids is 1. The summed E-state index contributed by atoms with van der Waals surface area (Å²) in [6.45, 7) is 1.89. The van der Waals surface area contributed by atoms with Gasteiger partial charge in [-0.3, -0.25) is 9.10 Å². The van der Waals surface area contributed by atoms with Crippen LogP contribution in [0.15, 0.2) is 36.4 Å². The molecule has 0 fully saturated rings. The molecule has 0 unspecified atom stereocenters. The number of benzene rings is 2. The number of ether oxygens (including phenoxy) is 3. The Morgan fingerprint density at radius 2 is 1.85 bits per heavy atom. The molecule has 9 heteroatoms. The molecule has 0 saturated heterocycles. The fourth-order valence-electron chi connectivity index (χ4n) is 3.01. The van der Waals surface area contributed by atoms with E-state index in [1.807, 2.05) is 6.92 Å². The summed E-state index contributed by atoms with van der Waals surface area (Å²) in [6.07, 6.45) is 0.123. The van der Waals surface area contributed by atoms with Crippen molar-refractivity contribution in [3.05, 3.63) is 42.0 Å². The first-order chi connectivity index (χ1) is 12.8. The van der Waals surface area contributed by atoms with Crippen LogP contribution in [0.5, 0.6) is 17.2 Å². The highest BCUT2D eigenvalue weighted by atomic mass is 32.2. The van der Waals surface area contributed by atoms with Gasteiger partial charge in [0, 0.05) is 11.8 Å². The number of aryl methyl sites for hydroxylation is 1. The quantitative estimate of drug-likeness (QED) is 0.860. The number of nitrogens with zero attached hydrogens (tertiary/aromatic N) is 1. The van der Waals surface area contributed by atoms with Gasteiger partial charge in [-0.2, -0.15) is 0 Å².